The minimum Gasteiger partial charge on any atom is -0.462 e. The summed E-state index contributed by atoms with van der Waals surface area (Å²) in [5.74, 6) is -0.334. The van der Waals surface area contributed by atoms with Crippen LogP contribution < -0.4 is 0 Å². The van der Waals surface area contributed by atoms with Gasteiger partial charge in [-0.3, -0.25) is 10.1 Å². The molecule has 0 atom stereocenters. The Balaban J connectivity index is 2.15. The summed E-state index contributed by atoms with van der Waals surface area (Å²) in [5, 5.41) is 10.6. The van der Waals surface area contributed by atoms with E-state index in [1.807, 2.05) is 12.1 Å². The molecule has 0 saturated heterocycles. The summed E-state index contributed by atoms with van der Waals surface area (Å²) in [5.41, 5.74) is 0.604. The van der Waals surface area contributed by atoms with E-state index in [2.05, 4.69) is 22.6 Å². The van der Waals surface area contributed by atoms with Crippen LogP contribution in [0.4, 0.5) is 5.69 Å². The average molecular weight is 429 g/mol. The van der Waals surface area contributed by atoms with Gasteiger partial charge in [-0.1, -0.05) is 11.8 Å². The minimum absolute atomic E-state index is 0.0663. The Labute approximate surface area is 145 Å². The first-order valence-corrected chi connectivity index (χ1v) is 8.29. The van der Waals surface area contributed by atoms with Gasteiger partial charge in [0.1, 0.15) is 0 Å². The lowest BCUT2D eigenvalue weighted by atomic mass is 10.2. The van der Waals surface area contributed by atoms with Gasteiger partial charge in [0, 0.05) is 25.5 Å². The van der Waals surface area contributed by atoms with E-state index in [1.165, 1.54) is 23.9 Å². The van der Waals surface area contributed by atoms with Crippen molar-refractivity contribution >= 4 is 46.0 Å². The summed E-state index contributed by atoms with van der Waals surface area (Å²) in [6.07, 6.45) is 0. The summed E-state index contributed by atoms with van der Waals surface area (Å²) in [7, 11) is 0. The van der Waals surface area contributed by atoms with Crippen LogP contribution in [-0.2, 0) is 4.74 Å². The zero-order chi connectivity index (χ0) is 16.1. The minimum atomic E-state index is -0.425. The number of benzene rings is 2. The lowest BCUT2D eigenvalue weighted by Crippen LogP contribution is -2.06. The highest BCUT2D eigenvalue weighted by molar-refractivity contribution is 14.1. The third kappa shape index (κ3) is 4.20. The van der Waals surface area contributed by atoms with Crippen molar-refractivity contribution < 1.29 is 14.5 Å². The van der Waals surface area contributed by atoms with Crippen LogP contribution in [0.1, 0.15) is 17.3 Å². The van der Waals surface area contributed by atoms with Crippen LogP contribution in [0, 0.1) is 13.7 Å². The molecule has 2 aromatic carbocycles. The van der Waals surface area contributed by atoms with Crippen molar-refractivity contribution in [1.82, 2.24) is 0 Å². The molecule has 114 valence electrons. The number of halogens is 1. The third-order valence-corrected chi connectivity index (χ3v) is 4.61. The van der Waals surface area contributed by atoms with Crippen LogP contribution in [0.5, 0.6) is 0 Å². The van der Waals surface area contributed by atoms with E-state index in [9.17, 15) is 14.9 Å². The van der Waals surface area contributed by atoms with Crippen molar-refractivity contribution in [2.24, 2.45) is 0 Å². The Bertz CT molecular complexity index is 703. The number of carbonyl (C=O) groups excluding carboxylic acids is 1. The molecule has 0 radical (unpaired) electrons. The van der Waals surface area contributed by atoms with Crippen molar-refractivity contribution in [3.63, 3.8) is 0 Å². The SMILES string of the molecule is CCOC(=O)c1ccc(Sc2ccc([N+](=O)[O-])cc2)cc1I. The maximum Gasteiger partial charge on any atom is 0.339 e. The monoisotopic (exact) mass is 429 g/mol. The topological polar surface area (TPSA) is 69.4 Å². The van der Waals surface area contributed by atoms with Gasteiger partial charge in [0.25, 0.3) is 5.69 Å². The van der Waals surface area contributed by atoms with E-state index < -0.39 is 4.92 Å². The highest BCUT2D eigenvalue weighted by Gasteiger charge is 2.12. The molecule has 0 aromatic heterocycles. The number of hydrogen-bond donors (Lipinski definition) is 0. The largest absolute Gasteiger partial charge is 0.462 e. The van der Waals surface area contributed by atoms with E-state index in [0.29, 0.717) is 12.2 Å². The van der Waals surface area contributed by atoms with Crippen molar-refractivity contribution in [3.05, 3.63) is 61.7 Å². The number of nitro groups is 1. The van der Waals surface area contributed by atoms with Gasteiger partial charge in [0.15, 0.2) is 0 Å². The summed E-state index contributed by atoms with van der Waals surface area (Å²) in [4.78, 5) is 23.8. The Kier molecular flexibility index (Phi) is 5.78. The standard InChI is InChI=1S/C15H12INO4S/c1-2-21-15(18)13-8-7-12(9-14(13)16)22-11-5-3-10(4-6-11)17(19)20/h3-9H,2H2,1H3. The molecule has 5 nitrogen and oxygen atoms in total. The van der Waals surface area contributed by atoms with Gasteiger partial charge in [-0.25, -0.2) is 4.79 Å². The van der Waals surface area contributed by atoms with Gasteiger partial charge in [0.05, 0.1) is 17.1 Å². The number of carbonyl (C=O) groups is 1. The average Bonchev–Trinajstić information content (AvgIpc) is 2.48. The number of rotatable bonds is 5. The van der Waals surface area contributed by atoms with Crippen LogP contribution in [-0.4, -0.2) is 17.5 Å². The number of esters is 1. The summed E-state index contributed by atoms with van der Waals surface area (Å²) in [6, 6.07) is 11.8. The molecule has 22 heavy (non-hydrogen) atoms. The number of non-ortho nitro benzene ring substituents is 1. The van der Waals surface area contributed by atoms with Crippen LogP contribution in [0.2, 0.25) is 0 Å². The van der Waals surface area contributed by atoms with Gasteiger partial charge < -0.3 is 4.74 Å². The smallest absolute Gasteiger partial charge is 0.339 e. The van der Waals surface area contributed by atoms with Gasteiger partial charge >= 0.3 is 5.97 Å². The summed E-state index contributed by atoms with van der Waals surface area (Å²) in [6.45, 7) is 2.11. The van der Waals surface area contributed by atoms with Crippen molar-refractivity contribution in [2.45, 2.75) is 16.7 Å². The molecule has 0 bridgehead atoms. The first kappa shape index (κ1) is 16.8. The zero-order valence-corrected chi connectivity index (χ0v) is 14.6. The molecule has 0 saturated carbocycles. The van der Waals surface area contributed by atoms with Crippen molar-refractivity contribution in [3.8, 4) is 0 Å². The molecule has 7 heteroatoms. The molecule has 0 aliphatic rings. The number of nitro benzene ring substituents is 1. The number of hydrogen-bond acceptors (Lipinski definition) is 5. The lowest BCUT2D eigenvalue weighted by molar-refractivity contribution is -0.384. The predicted octanol–water partition coefficient (Wildman–Crippen LogP) is 4.53. The molecule has 0 aliphatic carbocycles. The van der Waals surface area contributed by atoms with Gasteiger partial charge in [-0.05, 0) is 59.8 Å². The normalized spacial score (nSPS) is 10.3. The van der Waals surface area contributed by atoms with Crippen LogP contribution in [0.15, 0.2) is 52.3 Å². The summed E-state index contributed by atoms with van der Waals surface area (Å²) >= 11 is 3.57. The fourth-order valence-electron chi connectivity index (χ4n) is 1.71. The van der Waals surface area contributed by atoms with Crippen LogP contribution in [0.25, 0.3) is 0 Å². The van der Waals surface area contributed by atoms with E-state index in [1.54, 1.807) is 25.1 Å². The van der Waals surface area contributed by atoms with E-state index in [0.717, 1.165) is 13.4 Å². The Morgan fingerprint density at radius 1 is 1.23 bits per heavy atom. The van der Waals surface area contributed by atoms with Gasteiger partial charge in [-0.15, -0.1) is 0 Å². The molecule has 0 heterocycles. The zero-order valence-electron chi connectivity index (χ0n) is 11.6. The number of nitrogens with zero attached hydrogens (tertiary/aromatic N) is 1. The van der Waals surface area contributed by atoms with Gasteiger partial charge in [0.2, 0.25) is 0 Å². The Hall–Kier alpha value is -1.61. The quantitative estimate of drug-likeness (QED) is 0.303. The molecule has 0 amide bonds. The van der Waals surface area contributed by atoms with E-state index in [-0.39, 0.29) is 11.7 Å². The van der Waals surface area contributed by atoms with Crippen molar-refractivity contribution in [2.75, 3.05) is 6.61 Å². The molecule has 0 fully saturated rings. The fraction of sp³-hybridized carbons (Fsp3) is 0.133. The van der Waals surface area contributed by atoms with E-state index >= 15 is 0 Å². The van der Waals surface area contributed by atoms with Crippen LogP contribution >= 0.6 is 34.4 Å². The number of ether oxygens (including phenoxy) is 1. The molecule has 2 rings (SSSR count). The highest BCUT2D eigenvalue weighted by atomic mass is 127. The second-order valence-electron chi connectivity index (χ2n) is 4.22. The summed E-state index contributed by atoms with van der Waals surface area (Å²) < 4.78 is 5.80. The highest BCUT2D eigenvalue weighted by Crippen LogP contribution is 2.31. The molecule has 0 unspecified atom stereocenters. The maximum atomic E-state index is 11.7. The molecular weight excluding hydrogens is 417 g/mol. The van der Waals surface area contributed by atoms with E-state index in [4.69, 9.17) is 4.74 Å². The predicted molar refractivity (Wildman–Crippen MR) is 92.3 cm³/mol. The second-order valence-corrected chi connectivity index (χ2v) is 6.52. The second kappa shape index (κ2) is 7.59. The Morgan fingerprint density at radius 2 is 1.86 bits per heavy atom. The van der Waals surface area contributed by atoms with Crippen LogP contribution in [0.3, 0.4) is 0 Å². The molecule has 0 aliphatic heterocycles. The fourth-order valence-corrected chi connectivity index (χ4v) is 3.51. The van der Waals surface area contributed by atoms with Gasteiger partial charge in [-0.2, -0.15) is 0 Å². The molecule has 0 N–H and O–H groups in total. The lowest BCUT2D eigenvalue weighted by Gasteiger charge is -2.07. The van der Waals surface area contributed by atoms with Crippen molar-refractivity contribution in [1.29, 1.82) is 0 Å². The molecular formula is C15H12INO4S. The third-order valence-electron chi connectivity index (χ3n) is 2.72. The Morgan fingerprint density at radius 3 is 2.41 bits per heavy atom. The molecule has 0 spiro atoms. The maximum absolute atomic E-state index is 11.7. The first-order valence-electron chi connectivity index (χ1n) is 6.40. The first-order chi connectivity index (χ1) is 10.5. The molecule has 2 aromatic rings.